The van der Waals surface area contributed by atoms with Crippen molar-refractivity contribution in [1.29, 1.82) is 0 Å². The van der Waals surface area contributed by atoms with E-state index in [1.807, 2.05) is 13.8 Å². The Hall–Kier alpha value is -2.52. The van der Waals surface area contributed by atoms with Gasteiger partial charge in [-0.3, -0.25) is 4.79 Å². The molecule has 158 valence electrons. The summed E-state index contributed by atoms with van der Waals surface area (Å²) in [6.45, 7) is 5.68. The monoisotopic (exact) mass is 421 g/mol. The first-order chi connectivity index (χ1) is 14.0. The number of piperidine rings is 1. The van der Waals surface area contributed by atoms with Crippen LogP contribution in [0.5, 0.6) is 11.5 Å². The number of nitrogens with zero attached hydrogens (tertiary/aromatic N) is 1. The molecule has 1 amide bonds. The van der Waals surface area contributed by atoms with Crippen molar-refractivity contribution in [3.05, 3.63) is 36.2 Å². The van der Waals surface area contributed by atoms with E-state index in [9.17, 15) is 13.2 Å². The first kappa shape index (κ1) is 21.2. The van der Waals surface area contributed by atoms with Gasteiger partial charge in [-0.25, -0.2) is 8.42 Å². The van der Waals surface area contributed by atoms with Crippen molar-refractivity contribution in [3.63, 3.8) is 0 Å². The van der Waals surface area contributed by atoms with Gasteiger partial charge in [0.2, 0.25) is 10.0 Å². The Morgan fingerprint density at radius 2 is 1.83 bits per heavy atom. The molecule has 1 aromatic heterocycles. The van der Waals surface area contributed by atoms with Gasteiger partial charge >= 0.3 is 0 Å². The van der Waals surface area contributed by atoms with E-state index in [4.69, 9.17) is 9.47 Å². The molecule has 0 aliphatic carbocycles. The lowest BCUT2D eigenvalue weighted by molar-refractivity contribution is 0.102. The number of sulfonamides is 1. The van der Waals surface area contributed by atoms with Crippen LogP contribution >= 0.6 is 0 Å². The maximum absolute atomic E-state index is 12.8. The van der Waals surface area contributed by atoms with E-state index in [2.05, 4.69) is 10.3 Å². The van der Waals surface area contributed by atoms with Gasteiger partial charge in [0.25, 0.3) is 5.91 Å². The SMILES string of the molecule is CCOc1ccc(OCC)c(NC(=O)c2cc(S(=O)(=O)N3CCCCC3)c[nH]2)c1. The van der Waals surface area contributed by atoms with Crippen LogP contribution in [0, 0.1) is 0 Å². The quantitative estimate of drug-likeness (QED) is 0.681. The average molecular weight is 422 g/mol. The highest BCUT2D eigenvalue weighted by molar-refractivity contribution is 7.89. The van der Waals surface area contributed by atoms with Crippen molar-refractivity contribution in [2.24, 2.45) is 0 Å². The number of rotatable bonds is 8. The van der Waals surface area contributed by atoms with Crippen LogP contribution in [-0.4, -0.2) is 49.9 Å². The predicted octanol–water partition coefficient (Wildman–Crippen LogP) is 3.24. The number of ether oxygens (including phenoxy) is 2. The minimum absolute atomic E-state index is 0.0950. The fourth-order valence-corrected chi connectivity index (χ4v) is 4.75. The van der Waals surface area contributed by atoms with E-state index in [0.717, 1.165) is 19.3 Å². The second-order valence-electron chi connectivity index (χ2n) is 6.69. The minimum atomic E-state index is -3.60. The summed E-state index contributed by atoms with van der Waals surface area (Å²) in [7, 11) is -3.60. The van der Waals surface area contributed by atoms with Gasteiger partial charge in [-0.1, -0.05) is 6.42 Å². The molecule has 3 rings (SSSR count). The number of anilines is 1. The summed E-state index contributed by atoms with van der Waals surface area (Å²) >= 11 is 0. The fraction of sp³-hybridized carbons (Fsp3) is 0.450. The Balaban J connectivity index is 1.79. The third-order valence-electron chi connectivity index (χ3n) is 4.66. The highest BCUT2D eigenvalue weighted by Gasteiger charge is 2.27. The van der Waals surface area contributed by atoms with Gasteiger partial charge in [0.05, 0.1) is 18.9 Å². The number of H-pyrrole nitrogens is 1. The number of hydrogen-bond donors (Lipinski definition) is 2. The van der Waals surface area contributed by atoms with E-state index in [1.165, 1.54) is 16.6 Å². The molecule has 0 saturated carbocycles. The molecule has 8 nitrogen and oxygen atoms in total. The molecule has 0 unspecified atom stereocenters. The van der Waals surface area contributed by atoms with E-state index in [0.29, 0.717) is 43.5 Å². The number of carbonyl (C=O) groups excluding carboxylic acids is 1. The molecule has 0 atom stereocenters. The van der Waals surface area contributed by atoms with Crippen LogP contribution in [0.15, 0.2) is 35.4 Å². The summed E-state index contributed by atoms with van der Waals surface area (Å²) in [4.78, 5) is 15.6. The van der Waals surface area contributed by atoms with Gasteiger partial charge < -0.3 is 19.8 Å². The number of carbonyl (C=O) groups is 1. The largest absolute Gasteiger partial charge is 0.494 e. The molecule has 1 aliphatic heterocycles. The maximum Gasteiger partial charge on any atom is 0.272 e. The summed E-state index contributed by atoms with van der Waals surface area (Å²) in [5.41, 5.74) is 0.614. The van der Waals surface area contributed by atoms with Crippen LogP contribution in [0.25, 0.3) is 0 Å². The van der Waals surface area contributed by atoms with E-state index in [-0.39, 0.29) is 10.6 Å². The topological polar surface area (TPSA) is 101 Å². The molecule has 0 bridgehead atoms. The zero-order valence-corrected chi connectivity index (χ0v) is 17.5. The molecule has 29 heavy (non-hydrogen) atoms. The molecule has 0 spiro atoms. The zero-order chi connectivity index (χ0) is 20.9. The maximum atomic E-state index is 12.8. The summed E-state index contributed by atoms with van der Waals surface area (Å²) in [5.74, 6) is 0.655. The van der Waals surface area contributed by atoms with Crippen molar-refractivity contribution in [2.45, 2.75) is 38.0 Å². The molecule has 9 heteroatoms. The first-order valence-corrected chi connectivity index (χ1v) is 11.3. The Morgan fingerprint density at radius 1 is 1.10 bits per heavy atom. The number of aromatic amines is 1. The number of aromatic nitrogens is 1. The molecular formula is C20H27N3O5S. The second-order valence-corrected chi connectivity index (χ2v) is 8.63. The highest BCUT2D eigenvalue weighted by Crippen LogP contribution is 2.30. The molecule has 1 aliphatic rings. The van der Waals surface area contributed by atoms with Gasteiger partial charge in [-0.2, -0.15) is 4.31 Å². The van der Waals surface area contributed by atoms with Crippen LogP contribution in [0.4, 0.5) is 5.69 Å². The van der Waals surface area contributed by atoms with Crippen LogP contribution in [0.1, 0.15) is 43.6 Å². The number of amides is 1. The Morgan fingerprint density at radius 3 is 2.52 bits per heavy atom. The third kappa shape index (κ3) is 4.91. The Bertz CT molecular complexity index is 949. The lowest BCUT2D eigenvalue weighted by atomic mass is 10.2. The standard InChI is InChI=1S/C20H27N3O5S/c1-3-27-15-8-9-19(28-4-2)17(12-15)22-20(24)18-13-16(14-21-18)29(25,26)23-10-6-5-7-11-23/h8-9,12-14,21H,3-7,10-11H2,1-2H3,(H,22,24). The Kier molecular flexibility index (Phi) is 6.81. The van der Waals surface area contributed by atoms with Crippen LogP contribution in [-0.2, 0) is 10.0 Å². The van der Waals surface area contributed by atoms with Crippen molar-refractivity contribution in [2.75, 3.05) is 31.6 Å². The van der Waals surface area contributed by atoms with Crippen LogP contribution in [0.2, 0.25) is 0 Å². The molecule has 0 radical (unpaired) electrons. The molecule has 1 saturated heterocycles. The van der Waals surface area contributed by atoms with Crippen LogP contribution < -0.4 is 14.8 Å². The molecule has 2 aromatic rings. The molecule has 2 N–H and O–H groups in total. The minimum Gasteiger partial charge on any atom is -0.494 e. The average Bonchev–Trinajstić information content (AvgIpc) is 3.22. The lowest BCUT2D eigenvalue weighted by Crippen LogP contribution is -2.35. The van der Waals surface area contributed by atoms with Gasteiger partial charge in [0, 0.05) is 25.4 Å². The summed E-state index contributed by atoms with van der Waals surface area (Å²) < 4.78 is 38.1. The van der Waals surface area contributed by atoms with Crippen LogP contribution in [0.3, 0.4) is 0 Å². The van der Waals surface area contributed by atoms with Crippen molar-refractivity contribution < 1.29 is 22.7 Å². The lowest BCUT2D eigenvalue weighted by Gasteiger charge is -2.25. The van der Waals surface area contributed by atoms with E-state index >= 15 is 0 Å². The number of hydrogen-bond acceptors (Lipinski definition) is 5. The fourth-order valence-electron chi connectivity index (χ4n) is 3.24. The third-order valence-corrected chi connectivity index (χ3v) is 6.54. The smallest absolute Gasteiger partial charge is 0.272 e. The summed E-state index contributed by atoms with van der Waals surface area (Å²) in [6.07, 6.45) is 4.11. The van der Waals surface area contributed by atoms with Gasteiger partial charge in [-0.05, 0) is 44.9 Å². The van der Waals surface area contributed by atoms with Crippen molar-refractivity contribution >= 4 is 21.6 Å². The molecule has 1 fully saturated rings. The Labute approximate surface area is 171 Å². The van der Waals surface area contributed by atoms with Gasteiger partial charge in [0.1, 0.15) is 22.1 Å². The van der Waals surface area contributed by atoms with E-state index < -0.39 is 15.9 Å². The van der Waals surface area contributed by atoms with Crippen molar-refractivity contribution in [3.8, 4) is 11.5 Å². The number of benzene rings is 1. The summed E-state index contributed by atoms with van der Waals surface area (Å²) in [6, 6.07) is 6.54. The first-order valence-electron chi connectivity index (χ1n) is 9.85. The summed E-state index contributed by atoms with van der Waals surface area (Å²) in [5, 5.41) is 2.77. The predicted molar refractivity (Wildman–Crippen MR) is 110 cm³/mol. The van der Waals surface area contributed by atoms with Crippen molar-refractivity contribution in [1.82, 2.24) is 9.29 Å². The molecular weight excluding hydrogens is 394 g/mol. The number of nitrogens with one attached hydrogen (secondary N) is 2. The molecule has 1 aromatic carbocycles. The highest BCUT2D eigenvalue weighted by atomic mass is 32.2. The second kappa shape index (κ2) is 9.32. The zero-order valence-electron chi connectivity index (χ0n) is 16.7. The van der Waals surface area contributed by atoms with E-state index in [1.54, 1.807) is 18.2 Å². The normalized spacial score (nSPS) is 15.1. The van der Waals surface area contributed by atoms with Gasteiger partial charge in [0.15, 0.2) is 0 Å². The van der Waals surface area contributed by atoms with Gasteiger partial charge in [-0.15, -0.1) is 0 Å². The molecule has 2 heterocycles.